The smallest absolute Gasteiger partial charge is 0.192 e. The van der Waals surface area contributed by atoms with Gasteiger partial charge in [-0.1, -0.05) is 29.8 Å². The minimum atomic E-state index is 0.255. The van der Waals surface area contributed by atoms with Crippen molar-refractivity contribution in [1.82, 2.24) is 4.90 Å². The normalized spacial score (nSPS) is 19.5. The van der Waals surface area contributed by atoms with Crippen LogP contribution in [0.4, 0.5) is 0 Å². The van der Waals surface area contributed by atoms with E-state index < -0.39 is 0 Å². The number of benzene rings is 1. The van der Waals surface area contributed by atoms with E-state index in [1.807, 2.05) is 0 Å². The second kappa shape index (κ2) is 5.19. The van der Waals surface area contributed by atoms with Crippen molar-refractivity contribution in [3.05, 3.63) is 35.4 Å². The zero-order chi connectivity index (χ0) is 12.3. The fraction of sp³-hybridized carbons (Fsp3) is 0.462. The van der Waals surface area contributed by atoms with Gasteiger partial charge in [0.1, 0.15) is 0 Å². The first-order valence-electron chi connectivity index (χ1n) is 5.84. The van der Waals surface area contributed by atoms with Gasteiger partial charge in [-0.3, -0.25) is 4.99 Å². The quantitative estimate of drug-likeness (QED) is 0.853. The van der Waals surface area contributed by atoms with Crippen LogP contribution in [0.25, 0.3) is 0 Å². The summed E-state index contributed by atoms with van der Waals surface area (Å²) in [6.07, 6.45) is 0. The van der Waals surface area contributed by atoms with E-state index in [0.29, 0.717) is 12.6 Å². The molecule has 0 saturated heterocycles. The lowest BCUT2D eigenvalue weighted by Crippen LogP contribution is -2.38. The van der Waals surface area contributed by atoms with Crippen molar-refractivity contribution in [2.75, 3.05) is 26.8 Å². The lowest BCUT2D eigenvalue weighted by atomic mass is 10.0. The molecule has 1 unspecified atom stereocenters. The van der Waals surface area contributed by atoms with Crippen LogP contribution >= 0.6 is 0 Å². The standard InChI is InChI=1S/C13H19N3O/c1-10-4-3-5-11(8-10)12-9-15-13(14)16(12)6-7-17-2/h3-5,8,12H,6-7,9H2,1-2H3,(H2,14,15). The first-order valence-corrected chi connectivity index (χ1v) is 5.84. The van der Waals surface area contributed by atoms with Gasteiger partial charge in [0.15, 0.2) is 5.96 Å². The van der Waals surface area contributed by atoms with Gasteiger partial charge < -0.3 is 15.4 Å². The van der Waals surface area contributed by atoms with E-state index in [2.05, 4.69) is 41.1 Å². The van der Waals surface area contributed by atoms with Crippen LogP contribution in [0, 0.1) is 6.92 Å². The second-order valence-corrected chi connectivity index (χ2v) is 4.32. The molecule has 17 heavy (non-hydrogen) atoms. The van der Waals surface area contributed by atoms with Gasteiger partial charge in [-0.25, -0.2) is 0 Å². The molecule has 1 atom stereocenters. The van der Waals surface area contributed by atoms with Crippen molar-refractivity contribution >= 4 is 5.96 Å². The van der Waals surface area contributed by atoms with E-state index in [0.717, 1.165) is 13.1 Å². The summed E-state index contributed by atoms with van der Waals surface area (Å²) >= 11 is 0. The molecule has 1 aliphatic heterocycles. The van der Waals surface area contributed by atoms with Gasteiger partial charge in [0.2, 0.25) is 0 Å². The molecule has 4 heteroatoms. The lowest BCUT2D eigenvalue weighted by Gasteiger charge is -2.26. The molecule has 0 aromatic heterocycles. The Morgan fingerprint density at radius 1 is 1.53 bits per heavy atom. The van der Waals surface area contributed by atoms with Crippen LogP contribution in [0.3, 0.4) is 0 Å². The fourth-order valence-corrected chi connectivity index (χ4v) is 2.15. The third-order valence-corrected chi connectivity index (χ3v) is 3.06. The summed E-state index contributed by atoms with van der Waals surface area (Å²) in [6, 6.07) is 8.75. The zero-order valence-electron chi connectivity index (χ0n) is 10.4. The number of nitrogens with zero attached hydrogens (tertiary/aromatic N) is 2. The Bertz CT molecular complexity index is 417. The summed E-state index contributed by atoms with van der Waals surface area (Å²) in [5.74, 6) is 0.619. The molecule has 0 spiro atoms. The SMILES string of the molecule is COCCN1C(N)=NCC1c1cccc(C)c1. The predicted octanol–water partition coefficient (Wildman–Crippen LogP) is 1.31. The van der Waals surface area contributed by atoms with Crippen LogP contribution in [0.2, 0.25) is 0 Å². The summed E-state index contributed by atoms with van der Waals surface area (Å²) in [4.78, 5) is 6.43. The number of rotatable bonds is 4. The third kappa shape index (κ3) is 2.58. The summed E-state index contributed by atoms with van der Waals surface area (Å²) in [5, 5.41) is 0. The molecule has 0 radical (unpaired) electrons. The minimum Gasteiger partial charge on any atom is -0.383 e. The molecule has 2 N–H and O–H groups in total. The first-order chi connectivity index (χ1) is 8.22. The summed E-state index contributed by atoms with van der Waals surface area (Å²) in [7, 11) is 1.70. The van der Waals surface area contributed by atoms with Gasteiger partial charge in [-0.2, -0.15) is 0 Å². The average Bonchev–Trinajstić information content (AvgIpc) is 2.68. The average molecular weight is 233 g/mol. The van der Waals surface area contributed by atoms with Gasteiger partial charge in [-0.15, -0.1) is 0 Å². The summed E-state index contributed by atoms with van der Waals surface area (Å²) in [5.41, 5.74) is 8.44. The van der Waals surface area contributed by atoms with E-state index in [1.54, 1.807) is 7.11 Å². The van der Waals surface area contributed by atoms with Gasteiger partial charge in [-0.05, 0) is 12.5 Å². The molecule has 0 saturated carbocycles. The number of guanidine groups is 1. The summed E-state index contributed by atoms with van der Waals surface area (Å²) in [6.45, 7) is 4.28. The Morgan fingerprint density at radius 3 is 3.06 bits per heavy atom. The van der Waals surface area contributed by atoms with E-state index >= 15 is 0 Å². The molecule has 4 nitrogen and oxygen atoms in total. The molecular formula is C13H19N3O. The van der Waals surface area contributed by atoms with Gasteiger partial charge >= 0.3 is 0 Å². The number of aliphatic imine (C=N–C) groups is 1. The Balaban J connectivity index is 2.15. The molecule has 2 rings (SSSR count). The monoisotopic (exact) mass is 233 g/mol. The second-order valence-electron chi connectivity index (χ2n) is 4.32. The van der Waals surface area contributed by atoms with E-state index in [1.165, 1.54) is 11.1 Å². The maximum Gasteiger partial charge on any atom is 0.192 e. The Hall–Kier alpha value is -1.55. The molecule has 0 fully saturated rings. The van der Waals surface area contributed by atoms with Gasteiger partial charge in [0, 0.05) is 13.7 Å². The van der Waals surface area contributed by atoms with Crippen LogP contribution in [0.15, 0.2) is 29.3 Å². The maximum atomic E-state index is 5.91. The van der Waals surface area contributed by atoms with E-state index in [9.17, 15) is 0 Å². The maximum absolute atomic E-state index is 5.91. The Kier molecular flexibility index (Phi) is 3.64. The highest BCUT2D eigenvalue weighted by Crippen LogP contribution is 2.25. The van der Waals surface area contributed by atoms with Gasteiger partial charge in [0.25, 0.3) is 0 Å². The molecule has 0 amide bonds. The molecule has 1 aromatic carbocycles. The molecule has 92 valence electrons. The number of nitrogens with two attached hydrogens (primary N) is 1. The van der Waals surface area contributed by atoms with Crippen LogP contribution < -0.4 is 5.73 Å². The topological polar surface area (TPSA) is 50.9 Å². The van der Waals surface area contributed by atoms with Crippen molar-refractivity contribution in [2.24, 2.45) is 10.7 Å². The van der Waals surface area contributed by atoms with Gasteiger partial charge in [0.05, 0.1) is 19.2 Å². The highest BCUT2D eigenvalue weighted by atomic mass is 16.5. The molecule has 1 aliphatic rings. The minimum absolute atomic E-state index is 0.255. The van der Waals surface area contributed by atoms with Crippen molar-refractivity contribution in [2.45, 2.75) is 13.0 Å². The van der Waals surface area contributed by atoms with Crippen LogP contribution in [-0.2, 0) is 4.74 Å². The zero-order valence-corrected chi connectivity index (χ0v) is 10.4. The highest BCUT2D eigenvalue weighted by molar-refractivity contribution is 5.80. The highest BCUT2D eigenvalue weighted by Gasteiger charge is 2.26. The van der Waals surface area contributed by atoms with Crippen molar-refractivity contribution in [3.8, 4) is 0 Å². The largest absolute Gasteiger partial charge is 0.383 e. The molecule has 0 bridgehead atoms. The Labute approximate surface area is 102 Å². The van der Waals surface area contributed by atoms with Crippen molar-refractivity contribution < 1.29 is 4.74 Å². The lowest BCUT2D eigenvalue weighted by molar-refractivity contribution is 0.166. The fourth-order valence-electron chi connectivity index (χ4n) is 2.15. The van der Waals surface area contributed by atoms with Crippen molar-refractivity contribution in [3.63, 3.8) is 0 Å². The predicted molar refractivity (Wildman–Crippen MR) is 69.0 cm³/mol. The molecule has 0 aliphatic carbocycles. The number of hydrogen-bond acceptors (Lipinski definition) is 4. The molecular weight excluding hydrogens is 214 g/mol. The molecule has 1 heterocycles. The van der Waals surface area contributed by atoms with Crippen LogP contribution in [0.5, 0.6) is 0 Å². The number of methoxy groups -OCH3 is 1. The van der Waals surface area contributed by atoms with Crippen molar-refractivity contribution in [1.29, 1.82) is 0 Å². The van der Waals surface area contributed by atoms with Crippen LogP contribution in [-0.4, -0.2) is 37.7 Å². The Morgan fingerprint density at radius 2 is 2.35 bits per heavy atom. The first kappa shape index (κ1) is 11.9. The number of ether oxygens (including phenoxy) is 1. The molecule has 1 aromatic rings. The number of hydrogen-bond donors (Lipinski definition) is 1. The number of aryl methyl sites for hydroxylation is 1. The van der Waals surface area contributed by atoms with Crippen LogP contribution in [0.1, 0.15) is 17.2 Å². The summed E-state index contributed by atoms with van der Waals surface area (Å²) < 4.78 is 5.11. The van der Waals surface area contributed by atoms with E-state index in [-0.39, 0.29) is 6.04 Å². The van der Waals surface area contributed by atoms with E-state index in [4.69, 9.17) is 10.5 Å². The third-order valence-electron chi connectivity index (χ3n) is 3.06.